The fraction of sp³-hybridized carbons (Fsp3) is 0.467. The number of nitriles is 1. The second-order valence-electron chi connectivity index (χ2n) is 4.83. The zero-order valence-electron chi connectivity index (χ0n) is 11.9. The van der Waals surface area contributed by atoms with Crippen LogP contribution < -0.4 is 10.6 Å². The Morgan fingerprint density at radius 3 is 2.85 bits per heavy atom. The van der Waals surface area contributed by atoms with Gasteiger partial charge in [-0.05, 0) is 23.6 Å². The molecule has 5 heteroatoms. The molecule has 0 spiro atoms. The van der Waals surface area contributed by atoms with Crippen molar-refractivity contribution in [1.29, 1.82) is 5.26 Å². The molecule has 0 heterocycles. The van der Waals surface area contributed by atoms with Crippen LogP contribution in [-0.4, -0.2) is 23.8 Å². The first-order chi connectivity index (χ1) is 9.56. The monoisotopic (exact) mass is 275 g/mol. The van der Waals surface area contributed by atoms with Gasteiger partial charge in [0.05, 0.1) is 17.7 Å². The highest BCUT2D eigenvalue weighted by Crippen LogP contribution is 2.06. The van der Waals surface area contributed by atoms with E-state index in [4.69, 9.17) is 5.26 Å². The number of benzene rings is 1. The summed E-state index contributed by atoms with van der Waals surface area (Å²) in [5.74, 6) is 0.155. The lowest BCUT2D eigenvalue weighted by atomic mass is 10.0. The number of aliphatic hydroxyl groups is 1. The maximum atomic E-state index is 11.6. The molecular weight excluding hydrogens is 254 g/mol. The molecule has 2 unspecified atom stereocenters. The van der Waals surface area contributed by atoms with Gasteiger partial charge in [-0.15, -0.1) is 0 Å². The SMILES string of the molecule is CCC(C)C(O)CNC(=O)NCc1cccc(C#N)c1. The normalized spacial score (nSPS) is 13.1. The molecule has 0 bridgehead atoms. The van der Waals surface area contributed by atoms with Gasteiger partial charge in [-0.25, -0.2) is 4.79 Å². The van der Waals surface area contributed by atoms with Crippen molar-refractivity contribution in [3.05, 3.63) is 35.4 Å². The molecule has 2 amide bonds. The van der Waals surface area contributed by atoms with E-state index in [9.17, 15) is 9.90 Å². The summed E-state index contributed by atoms with van der Waals surface area (Å²) in [4.78, 5) is 11.6. The summed E-state index contributed by atoms with van der Waals surface area (Å²) >= 11 is 0. The van der Waals surface area contributed by atoms with Crippen molar-refractivity contribution in [2.45, 2.75) is 32.9 Å². The topological polar surface area (TPSA) is 85.2 Å². The number of amides is 2. The van der Waals surface area contributed by atoms with Gasteiger partial charge in [-0.2, -0.15) is 5.26 Å². The molecule has 0 aliphatic rings. The largest absolute Gasteiger partial charge is 0.391 e. The summed E-state index contributed by atoms with van der Waals surface area (Å²) in [6.45, 7) is 4.52. The van der Waals surface area contributed by atoms with Crippen molar-refractivity contribution in [3.8, 4) is 6.07 Å². The molecular formula is C15H21N3O2. The van der Waals surface area contributed by atoms with Crippen molar-refractivity contribution in [2.75, 3.05) is 6.54 Å². The predicted molar refractivity (Wildman–Crippen MR) is 76.9 cm³/mol. The van der Waals surface area contributed by atoms with Crippen molar-refractivity contribution in [1.82, 2.24) is 10.6 Å². The van der Waals surface area contributed by atoms with E-state index in [0.29, 0.717) is 12.1 Å². The van der Waals surface area contributed by atoms with Crippen LogP contribution in [0.4, 0.5) is 4.79 Å². The molecule has 20 heavy (non-hydrogen) atoms. The fourth-order valence-corrected chi connectivity index (χ4v) is 1.67. The summed E-state index contributed by atoms with van der Waals surface area (Å²) in [5.41, 5.74) is 1.43. The van der Waals surface area contributed by atoms with E-state index >= 15 is 0 Å². The third-order valence-electron chi connectivity index (χ3n) is 3.28. The highest BCUT2D eigenvalue weighted by atomic mass is 16.3. The molecule has 1 aromatic rings. The molecule has 1 aromatic carbocycles. The van der Waals surface area contributed by atoms with Crippen LogP contribution in [0.25, 0.3) is 0 Å². The molecule has 0 fully saturated rings. The molecule has 108 valence electrons. The van der Waals surface area contributed by atoms with Gasteiger partial charge in [0.15, 0.2) is 0 Å². The van der Waals surface area contributed by atoms with Crippen LogP contribution >= 0.6 is 0 Å². The van der Waals surface area contributed by atoms with E-state index < -0.39 is 6.10 Å². The van der Waals surface area contributed by atoms with Gasteiger partial charge in [0.25, 0.3) is 0 Å². The smallest absolute Gasteiger partial charge is 0.315 e. The Labute approximate surface area is 119 Å². The van der Waals surface area contributed by atoms with E-state index in [1.54, 1.807) is 18.2 Å². The minimum atomic E-state index is -0.535. The third-order valence-corrected chi connectivity index (χ3v) is 3.28. The lowest BCUT2D eigenvalue weighted by Gasteiger charge is -2.17. The lowest BCUT2D eigenvalue weighted by molar-refractivity contribution is 0.114. The van der Waals surface area contributed by atoms with Gasteiger partial charge in [0, 0.05) is 13.1 Å². The van der Waals surface area contributed by atoms with Crippen molar-refractivity contribution >= 4 is 6.03 Å². The van der Waals surface area contributed by atoms with Gasteiger partial charge in [-0.3, -0.25) is 0 Å². The number of aliphatic hydroxyl groups excluding tert-OH is 1. The molecule has 0 aromatic heterocycles. The zero-order chi connectivity index (χ0) is 15.0. The quantitative estimate of drug-likeness (QED) is 0.739. The van der Waals surface area contributed by atoms with Crippen LogP contribution in [0.2, 0.25) is 0 Å². The van der Waals surface area contributed by atoms with Crippen LogP contribution in [0.5, 0.6) is 0 Å². The van der Waals surface area contributed by atoms with Crippen molar-refractivity contribution in [3.63, 3.8) is 0 Å². The number of urea groups is 1. The van der Waals surface area contributed by atoms with Gasteiger partial charge in [-0.1, -0.05) is 32.4 Å². The first-order valence-corrected chi connectivity index (χ1v) is 6.75. The summed E-state index contributed by atoms with van der Waals surface area (Å²) in [6, 6.07) is 8.79. The predicted octanol–water partition coefficient (Wildman–Crippen LogP) is 1.76. The average Bonchev–Trinajstić information content (AvgIpc) is 2.49. The van der Waals surface area contributed by atoms with E-state index in [-0.39, 0.29) is 18.5 Å². The Morgan fingerprint density at radius 2 is 2.20 bits per heavy atom. The Balaban J connectivity index is 2.34. The number of carbonyl (C=O) groups excluding carboxylic acids is 1. The molecule has 0 radical (unpaired) electrons. The molecule has 0 aliphatic heterocycles. The highest BCUT2D eigenvalue weighted by molar-refractivity contribution is 5.73. The van der Waals surface area contributed by atoms with Crippen LogP contribution in [0.15, 0.2) is 24.3 Å². The Hall–Kier alpha value is -2.06. The van der Waals surface area contributed by atoms with E-state index in [1.807, 2.05) is 19.9 Å². The maximum absolute atomic E-state index is 11.6. The number of nitrogens with zero attached hydrogens (tertiary/aromatic N) is 1. The number of carbonyl (C=O) groups is 1. The number of hydrogen-bond donors (Lipinski definition) is 3. The van der Waals surface area contributed by atoms with Crippen LogP contribution in [-0.2, 0) is 6.54 Å². The molecule has 0 saturated carbocycles. The van der Waals surface area contributed by atoms with Gasteiger partial charge < -0.3 is 15.7 Å². The standard InChI is InChI=1S/C15H21N3O2/c1-3-11(2)14(19)10-18-15(20)17-9-13-6-4-5-12(7-13)8-16/h4-7,11,14,19H,3,9-10H2,1-2H3,(H2,17,18,20). The molecule has 2 atom stereocenters. The first kappa shape index (κ1) is 16.0. The first-order valence-electron chi connectivity index (χ1n) is 6.75. The Bertz CT molecular complexity index is 482. The van der Waals surface area contributed by atoms with Crippen molar-refractivity contribution in [2.24, 2.45) is 5.92 Å². The van der Waals surface area contributed by atoms with Crippen LogP contribution in [0, 0.1) is 17.2 Å². The minimum absolute atomic E-state index is 0.155. The number of rotatable bonds is 6. The van der Waals surface area contributed by atoms with Crippen molar-refractivity contribution < 1.29 is 9.90 Å². The van der Waals surface area contributed by atoms with Gasteiger partial charge >= 0.3 is 6.03 Å². The van der Waals surface area contributed by atoms with Gasteiger partial charge in [0.1, 0.15) is 0 Å². The molecule has 0 saturated heterocycles. The van der Waals surface area contributed by atoms with E-state index in [0.717, 1.165) is 12.0 Å². The second-order valence-corrected chi connectivity index (χ2v) is 4.83. The lowest BCUT2D eigenvalue weighted by Crippen LogP contribution is -2.41. The molecule has 3 N–H and O–H groups in total. The summed E-state index contributed by atoms with van der Waals surface area (Å²) in [6.07, 6.45) is 0.332. The molecule has 1 rings (SSSR count). The number of hydrogen-bond acceptors (Lipinski definition) is 3. The highest BCUT2D eigenvalue weighted by Gasteiger charge is 2.12. The van der Waals surface area contributed by atoms with Crippen LogP contribution in [0.3, 0.4) is 0 Å². The second kappa shape index (κ2) is 8.18. The van der Waals surface area contributed by atoms with Crippen LogP contribution in [0.1, 0.15) is 31.4 Å². The Kier molecular flexibility index (Phi) is 6.54. The average molecular weight is 275 g/mol. The van der Waals surface area contributed by atoms with Gasteiger partial charge in [0.2, 0.25) is 0 Å². The maximum Gasteiger partial charge on any atom is 0.315 e. The summed E-state index contributed by atoms with van der Waals surface area (Å²) in [7, 11) is 0. The minimum Gasteiger partial charge on any atom is -0.391 e. The molecule has 0 aliphatic carbocycles. The van der Waals surface area contributed by atoms with E-state index in [1.165, 1.54) is 0 Å². The molecule has 5 nitrogen and oxygen atoms in total. The zero-order valence-corrected chi connectivity index (χ0v) is 11.9. The summed E-state index contributed by atoms with van der Waals surface area (Å²) in [5, 5.41) is 23.8. The third kappa shape index (κ3) is 5.29. The summed E-state index contributed by atoms with van der Waals surface area (Å²) < 4.78 is 0. The Morgan fingerprint density at radius 1 is 1.45 bits per heavy atom. The number of nitrogens with one attached hydrogen (secondary N) is 2. The fourth-order valence-electron chi connectivity index (χ4n) is 1.67. The van der Waals surface area contributed by atoms with E-state index in [2.05, 4.69) is 16.7 Å².